The fourth-order valence-electron chi connectivity index (χ4n) is 3.03. The summed E-state index contributed by atoms with van der Waals surface area (Å²) in [6.45, 7) is 5.14. The summed E-state index contributed by atoms with van der Waals surface area (Å²) in [6, 6.07) is 10.5. The van der Waals surface area contributed by atoms with E-state index in [1.165, 1.54) is 25.8 Å². The van der Waals surface area contributed by atoms with Crippen molar-refractivity contribution in [2.75, 3.05) is 33.9 Å². The summed E-state index contributed by atoms with van der Waals surface area (Å²) in [6.07, 6.45) is 3.77. The fourth-order valence-corrected chi connectivity index (χ4v) is 5.09. The number of likely N-dealkylation sites (N-methyl/N-ethyl adjacent to an activating group) is 1. The minimum Gasteiger partial charge on any atom is -0.373 e. The van der Waals surface area contributed by atoms with Crippen LogP contribution in [0.5, 0.6) is 0 Å². The minimum absolute atomic E-state index is 0.477. The molecule has 0 radical (unpaired) electrons. The molecule has 1 aliphatic rings. The van der Waals surface area contributed by atoms with Crippen molar-refractivity contribution >= 4 is 14.0 Å². The quantitative estimate of drug-likeness (QED) is 0.721. The highest BCUT2D eigenvalue weighted by atomic mass is 28.4. The summed E-state index contributed by atoms with van der Waals surface area (Å²) in [5.41, 5.74) is 0. The lowest BCUT2D eigenvalue weighted by atomic mass is 10.0. The first-order chi connectivity index (χ1) is 10.3. The van der Waals surface area contributed by atoms with Crippen molar-refractivity contribution in [1.82, 2.24) is 4.90 Å². The zero-order valence-electron chi connectivity index (χ0n) is 13.4. The van der Waals surface area contributed by atoms with Crippen LogP contribution in [0.25, 0.3) is 0 Å². The standard InChI is InChI=1S/C16H27NO3Si/c1-4-17-13-9-8-10-15(17)14-20-21(18-2,19-3)16-11-6-5-7-12-16/h5-7,11-12,15H,4,8-10,13-14H2,1-3H3. The summed E-state index contributed by atoms with van der Waals surface area (Å²) >= 11 is 0. The van der Waals surface area contributed by atoms with Gasteiger partial charge < -0.3 is 13.3 Å². The molecule has 1 aromatic carbocycles. The molecule has 0 aromatic heterocycles. The van der Waals surface area contributed by atoms with Crippen molar-refractivity contribution in [3.8, 4) is 0 Å². The first-order valence-electron chi connectivity index (χ1n) is 7.79. The molecule has 5 heteroatoms. The fraction of sp³-hybridized carbons (Fsp3) is 0.625. The molecule has 1 aromatic rings. The van der Waals surface area contributed by atoms with E-state index >= 15 is 0 Å². The van der Waals surface area contributed by atoms with E-state index in [1.54, 1.807) is 14.2 Å². The predicted molar refractivity (Wildman–Crippen MR) is 86.7 cm³/mol. The molecule has 1 saturated heterocycles. The molecule has 1 atom stereocenters. The molecule has 0 amide bonds. The Hall–Kier alpha value is -0.723. The van der Waals surface area contributed by atoms with Crippen LogP contribution in [0.2, 0.25) is 0 Å². The van der Waals surface area contributed by atoms with Crippen molar-refractivity contribution in [2.45, 2.75) is 32.2 Å². The molecule has 0 N–H and O–H groups in total. The summed E-state index contributed by atoms with van der Waals surface area (Å²) in [5, 5.41) is 1.02. The van der Waals surface area contributed by atoms with Crippen molar-refractivity contribution in [1.29, 1.82) is 0 Å². The third-order valence-corrected chi connectivity index (χ3v) is 6.95. The van der Waals surface area contributed by atoms with E-state index in [2.05, 4.69) is 11.8 Å². The molecule has 0 spiro atoms. The Morgan fingerprint density at radius 1 is 1.14 bits per heavy atom. The smallest absolute Gasteiger partial charge is 0.373 e. The average molecular weight is 309 g/mol. The second-order valence-corrected chi connectivity index (χ2v) is 8.21. The Balaban J connectivity index is 2.06. The third kappa shape index (κ3) is 3.93. The maximum absolute atomic E-state index is 6.24. The molecule has 118 valence electrons. The van der Waals surface area contributed by atoms with E-state index in [4.69, 9.17) is 13.3 Å². The van der Waals surface area contributed by atoms with Gasteiger partial charge >= 0.3 is 8.80 Å². The lowest BCUT2D eigenvalue weighted by molar-refractivity contribution is 0.0547. The van der Waals surface area contributed by atoms with Gasteiger partial charge in [0.05, 0.1) is 6.61 Å². The van der Waals surface area contributed by atoms with E-state index in [1.807, 2.05) is 30.3 Å². The van der Waals surface area contributed by atoms with Gasteiger partial charge in [0.2, 0.25) is 0 Å². The predicted octanol–water partition coefficient (Wildman–Crippen LogP) is 2.02. The van der Waals surface area contributed by atoms with E-state index in [9.17, 15) is 0 Å². The van der Waals surface area contributed by atoms with Crippen LogP contribution in [-0.2, 0) is 13.3 Å². The Morgan fingerprint density at radius 2 is 1.86 bits per heavy atom. The topological polar surface area (TPSA) is 30.9 Å². The van der Waals surface area contributed by atoms with E-state index in [0.29, 0.717) is 12.6 Å². The maximum atomic E-state index is 6.24. The Bertz CT molecular complexity index is 411. The summed E-state index contributed by atoms with van der Waals surface area (Å²) in [7, 11) is 0.591. The Labute approximate surface area is 129 Å². The normalized spacial score (nSPS) is 20.6. The zero-order valence-corrected chi connectivity index (χ0v) is 14.4. The second kappa shape index (κ2) is 8.05. The number of hydrogen-bond donors (Lipinski definition) is 0. The SMILES string of the molecule is CCN1CCCCC1CO[Si](OC)(OC)c1ccccc1. The van der Waals surface area contributed by atoms with Gasteiger partial charge in [-0.05, 0) is 25.9 Å². The molecule has 1 unspecified atom stereocenters. The molecule has 0 bridgehead atoms. The molecule has 4 nitrogen and oxygen atoms in total. The summed E-state index contributed by atoms with van der Waals surface area (Å²) in [5.74, 6) is 0. The van der Waals surface area contributed by atoms with Gasteiger partial charge in [0.15, 0.2) is 0 Å². The van der Waals surface area contributed by atoms with Crippen LogP contribution < -0.4 is 5.19 Å². The van der Waals surface area contributed by atoms with Gasteiger partial charge in [-0.25, -0.2) is 0 Å². The molecule has 0 aliphatic carbocycles. The molecule has 1 fully saturated rings. The average Bonchev–Trinajstić information content (AvgIpc) is 2.57. The number of benzene rings is 1. The second-order valence-electron chi connectivity index (χ2n) is 5.42. The van der Waals surface area contributed by atoms with Crippen LogP contribution in [0.4, 0.5) is 0 Å². The first-order valence-corrected chi connectivity index (χ1v) is 9.52. The highest BCUT2D eigenvalue weighted by Crippen LogP contribution is 2.19. The Morgan fingerprint density at radius 3 is 2.48 bits per heavy atom. The number of rotatable bonds is 7. The van der Waals surface area contributed by atoms with Crippen LogP contribution in [-0.4, -0.2) is 53.7 Å². The lowest BCUT2D eigenvalue weighted by Crippen LogP contribution is -2.57. The van der Waals surface area contributed by atoms with Crippen LogP contribution in [0, 0.1) is 0 Å². The van der Waals surface area contributed by atoms with E-state index in [-0.39, 0.29) is 0 Å². The zero-order chi connectivity index (χ0) is 15.1. The lowest BCUT2D eigenvalue weighted by Gasteiger charge is -2.37. The molecule has 1 heterocycles. The van der Waals surface area contributed by atoms with Crippen molar-refractivity contribution in [3.63, 3.8) is 0 Å². The van der Waals surface area contributed by atoms with Crippen LogP contribution in [0.15, 0.2) is 30.3 Å². The molecular formula is C16H27NO3Si. The van der Waals surface area contributed by atoms with Gasteiger partial charge in [-0.2, -0.15) is 0 Å². The van der Waals surface area contributed by atoms with E-state index < -0.39 is 8.80 Å². The van der Waals surface area contributed by atoms with Gasteiger partial charge in [-0.1, -0.05) is 43.7 Å². The molecular weight excluding hydrogens is 282 g/mol. The summed E-state index contributed by atoms with van der Waals surface area (Å²) in [4.78, 5) is 2.50. The van der Waals surface area contributed by atoms with Crippen molar-refractivity contribution in [2.24, 2.45) is 0 Å². The molecule has 2 rings (SSSR count). The highest BCUT2D eigenvalue weighted by molar-refractivity contribution is 6.75. The Kier molecular flexibility index (Phi) is 6.38. The number of hydrogen-bond acceptors (Lipinski definition) is 4. The van der Waals surface area contributed by atoms with Crippen LogP contribution in [0.3, 0.4) is 0 Å². The third-order valence-electron chi connectivity index (χ3n) is 4.29. The number of likely N-dealkylation sites (tertiary alicyclic amines) is 1. The van der Waals surface area contributed by atoms with Crippen molar-refractivity contribution < 1.29 is 13.3 Å². The van der Waals surface area contributed by atoms with Crippen LogP contribution >= 0.6 is 0 Å². The van der Waals surface area contributed by atoms with Gasteiger partial charge in [0.25, 0.3) is 0 Å². The van der Waals surface area contributed by atoms with Gasteiger partial charge in [-0.15, -0.1) is 0 Å². The number of nitrogens with zero attached hydrogens (tertiary/aromatic N) is 1. The maximum Gasteiger partial charge on any atom is 0.536 e. The first kappa shape index (κ1) is 16.6. The van der Waals surface area contributed by atoms with E-state index in [0.717, 1.165) is 11.7 Å². The summed E-state index contributed by atoms with van der Waals surface area (Å²) < 4.78 is 17.7. The van der Waals surface area contributed by atoms with Crippen molar-refractivity contribution in [3.05, 3.63) is 30.3 Å². The highest BCUT2D eigenvalue weighted by Gasteiger charge is 2.42. The number of piperidine rings is 1. The van der Waals surface area contributed by atoms with Gasteiger partial charge in [0.1, 0.15) is 0 Å². The monoisotopic (exact) mass is 309 g/mol. The molecule has 21 heavy (non-hydrogen) atoms. The molecule has 1 aliphatic heterocycles. The van der Waals surface area contributed by atoms with Crippen LogP contribution in [0.1, 0.15) is 26.2 Å². The molecule has 0 saturated carbocycles. The van der Waals surface area contributed by atoms with Gasteiger partial charge in [-0.3, -0.25) is 4.90 Å². The van der Waals surface area contributed by atoms with Gasteiger partial charge in [0, 0.05) is 25.4 Å². The largest absolute Gasteiger partial charge is 0.536 e. The minimum atomic E-state index is -2.77.